The standard InChI is InChI=1S/C30H41N2O4/c1-22-18-23(9-10-25(22)21-32-15-7-8-27(32)29(34)36-30(2,3)4)19-24-11-12-26(33)20-28(24)35-17-16-31-13-5-6-14-31/h9-10,12,18,20,27,33H,5-8,13-17,19,21H2,1-4H3/t27-/m0/s1. The molecule has 0 saturated carbocycles. The molecule has 6 nitrogen and oxygen atoms in total. The van der Waals surface area contributed by atoms with Crippen LogP contribution in [-0.2, 0) is 22.5 Å². The highest BCUT2D eigenvalue weighted by atomic mass is 16.6. The normalized spacial score (nSPS) is 19.1. The largest absolute Gasteiger partial charge is 0.508 e. The first-order valence-electron chi connectivity index (χ1n) is 13.3. The van der Waals surface area contributed by atoms with E-state index >= 15 is 0 Å². The average Bonchev–Trinajstić information content (AvgIpc) is 3.48. The second-order valence-corrected chi connectivity index (χ2v) is 11.2. The Labute approximate surface area is 216 Å². The van der Waals surface area contributed by atoms with Gasteiger partial charge in [-0.3, -0.25) is 14.6 Å². The molecule has 6 heteroatoms. The Hall–Kier alpha value is -2.57. The Kier molecular flexibility index (Phi) is 8.58. The molecule has 2 saturated heterocycles. The molecule has 195 valence electrons. The van der Waals surface area contributed by atoms with Gasteiger partial charge in [0, 0.05) is 31.1 Å². The van der Waals surface area contributed by atoms with Gasteiger partial charge in [0.15, 0.2) is 0 Å². The Morgan fingerprint density at radius 1 is 1.14 bits per heavy atom. The minimum Gasteiger partial charge on any atom is -0.508 e. The van der Waals surface area contributed by atoms with Crippen LogP contribution in [0.15, 0.2) is 30.3 Å². The van der Waals surface area contributed by atoms with E-state index in [1.807, 2.05) is 20.8 Å². The van der Waals surface area contributed by atoms with Crippen molar-refractivity contribution in [2.24, 2.45) is 0 Å². The van der Waals surface area contributed by atoms with E-state index in [1.54, 1.807) is 12.1 Å². The van der Waals surface area contributed by atoms with Gasteiger partial charge in [-0.25, -0.2) is 0 Å². The molecule has 36 heavy (non-hydrogen) atoms. The fraction of sp³-hybridized carbons (Fsp3) is 0.567. The maximum Gasteiger partial charge on any atom is 0.323 e. The molecule has 1 atom stereocenters. The van der Waals surface area contributed by atoms with E-state index < -0.39 is 5.60 Å². The van der Waals surface area contributed by atoms with Gasteiger partial charge in [-0.05, 0) is 102 Å². The van der Waals surface area contributed by atoms with Crippen molar-refractivity contribution < 1.29 is 19.4 Å². The van der Waals surface area contributed by atoms with Crippen LogP contribution < -0.4 is 4.74 Å². The van der Waals surface area contributed by atoms with E-state index in [9.17, 15) is 9.90 Å². The van der Waals surface area contributed by atoms with Crippen molar-refractivity contribution in [3.63, 3.8) is 0 Å². The third-order valence-corrected chi connectivity index (χ3v) is 7.04. The summed E-state index contributed by atoms with van der Waals surface area (Å²) in [6, 6.07) is 12.9. The molecule has 0 aliphatic carbocycles. The Morgan fingerprint density at radius 2 is 1.92 bits per heavy atom. The van der Waals surface area contributed by atoms with Crippen molar-refractivity contribution in [3.05, 3.63) is 58.7 Å². The summed E-state index contributed by atoms with van der Waals surface area (Å²) in [5, 5.41) is 9.99. The zero-order valence-corrected chi connectivity index (χ0v) is 22.3. The molecule has 1 radical (unpaired) electrons. The van der Waals surface area contributed by atoms with E-state index in [-0.39, 0.29) is 17.8 Å². The number of rotatable bonds is 9. The average molecular weight is 494 g/mol. The summed E-state index contributed by atoms with van der Waals surface area (Å²) >= 11 is 0. The van der Waals surface area contributed by atoms with Crippen LogP contribution >= 0.6 is 0 Å². The van der Waals surface area contributed by atoms with Gasteiger partial charge >= 0.3 is 5.97 Å². The number of phenolic OH excluding ortho intramolecular Hbond substituents is 1. The number of carbonyl (C=O) groups is 1. The molecule has 2 fully saturated rings. The van der Waals surface area contributed by atoms with Crippen molar-refractivity contribution in [2.75, 3.05) is 32.8 Å². The zero-order chi connectivity index (χ0) is 25.7. The Morgan fingerprint density at radius 3 is 2.64 bits per heavy atom. The highest BCUT2D eigenvalue weighted by molar-refractivity contribution is 5.76. The van der Waals surface area contributed by atoms with Gasteiger partial charge in [0.2, 0.25) is 0 Å². The van der Waals surface area contributed by atoms with Crippen molar-refractivity contribution in [1.29, 1.82) is 0 Å². The lowest BCUT2D eigenvalue weighted by atomic mass is 9.99. The summed E-state index contributed by atoms with van der Waals surface area (Å²) in [6.45, 7) is 13.3. The molecule has 0 spiro atoms. The van der Waals surface area contributed by atoms with Crippen LogP contribution in [-0.4, -0.2) is 65.3 Å². The first kappa shape index (κ1) is 26.5. The Balaban J connectivity index is 1.39. The van der Waals surface area contributed by atoms with Crippen LogP contribution in [0.25, 0.3) is 0 Å². The molecular weight excluding hydrogens is 452 g/mol. The predicted molar refractivity (Wildman–Crippen MR) is 141 cm³/mol. The fourth-order valence-electron chi connectivity index (χ4n) is 5.17. The van der Waals surface area contributed by atoms with Gasteiger partial charge in [-0.2, -0.15) is 0 Å². The number of ether oxygens (including phenoxy) is 2. The summed E-state index contributed by atoms with van der Waals surface area (Å²) in [4.78, 5) is 17.4. The van der Waals surface area contributed by atoms with E-state index in [1.165, 1.54) is 29.5 Å². The monoisotopic (exact) mass is 493 g/mol. The lowest BCUT2D eigenvalue weighted by molar-refractivity contribution is -0.160. The summed E-state index contributed by atoms with van der Waals surface area (Å²) in [7, 11) is 0. The number of benzene rings is 2. The second-order valence-electron chi connectivity index (χ2n) is 11.2. The van der Waals surface area contributed by atoms with E-state index in [0.717, 1.165) is 51.1 Å². The molecule has 0 unspecified atom stereocenters. The Bertz CT molecular complexity index is 1040. The molecule has 0 bridgehead atoms. The maximum absolute atomic E-state index is 12.7. The van der Waals surface area contributed by atoms with E-state index in [2.05, 4.69) is 41.0 Å². The molecule has 2 aromatic rings. The molecule has 0 amide bonds. The molecule has 0 aromatic heterocycles. The van der Waals surface area contributed by atoms with Crippen LogP contribution in [0.1, 0.15) is 68.7 Å². The molecule has 1 N–H and O–H groups in total. The van der Waals surface area contributed by atoms with Crippen LogP contribution in [0.5, 0.6) is 11.5 Å². The summed E-state index contributed by atoms with van der Waals surface area (Å²) in [6.07, 6.45) is 5.08. The number of hydrogen-bond acceptors (Lipinski definition) is 6. The number of carbonyl (C=O) groups excluding carboxylic acids is 1. The topological polar surface area (TPSA) is 62.2 Å². The number of nitrogens with zero attached hydrogens (tertiary/aromatic N) is 2. The number of esters is 1. The lowest BCUT2D eigenvalue weighted by Gasteiger charge is -2.27. The van der Waals surface area contributed by atoms with E-state index in [0.29, 0.717) is 18.8 Å². The number of aromatic hydroxyl groups is 1. The quantitative estimate of drug-likeness (QED) is 0.503. The minimum atomic E-state index is -0.467. The van der Waals surface area contributed by atoms with Crippen molar-refractivity contribution in [1.82, 2.24) is 9.80 Å². The van der Waals surface area contributed by atoms with Gasteiger partial charge in [0.05, 0.1) is 0 Å². The highest BCUT2D eigenvalue weighted by Gasteiger charge is 2.34. The van der Waals surface area contributed by atoms with Crippen LogP contribution in [0.4, 0.5) is 0 Å². The third-order valence-electron chi connectivity index (χ3n) is 7.04. The van der Waals surface area contributed by atoms with Crippen molar-refractivity contribution in [3.8, 4) is 11.5 Å². The van der Waals surface area contributed by atoms with Crippen LogP contribution in [0.3, 0.4) is 0 Å². The van der Waals surface area contributed by atoms with E-state index in [4.69, 9.17) is 9.47 Å². The van der Waals surface area contributed by atoms with Gasteiger partial charge in [0.1, 0.15) is 29.7 Å². The van der Waals surface area contributed by atoms with Crippen LogP contribution in [0.2, 0.25) is 0 Å². The van der Waals surface area contributed by atoms with Gasteiger partial charge in [-0.15, -0.1) is 0 Å². The summed E-state index contributed by atoms with van der Waals surface area (Å²) in [5.41, 5.74) is 4.09. The molecule has 2 aromatic carbocycles. The van der Waals surface area contributed by atoms with Gasteiger partial charge in [-0.1, -0.05) is 18.2 Å². The maximum atomic E-state index is 12.7. The molecule has 4 rings (SSSR count). The molecule has 2 aliphatic heterocycles. The number of phenols is 1. The summed E-state index contributed by atoms with van der Waals surface area (Å²) < 4.78 is 11.7. The first-order chi connectivity index (χ1) is 17.2. The van der Waals surface area contributed by atoms with Gasteiger partial charge in [0.25, 0.3) is 0 Å². The fourth-order valence-corrected chi connectivity index (χ4v) is 5.17. The zero-order valence-electron chi connectivity index (χ0n) is 22.3. The van der Waals surface area contributed by atoms with Crippen molar-refractivity contribution in [2.45, 2.75) is 78.0 Å². The smallest absolute Gasteiger partial charge is 0.323 e. The summed E-state index contributed by atoms with van der Waals surface area (Å²) in [5.74, 6) is 0.759. The van der Waals surface area contributed by atoms with Crippen molar-refractivity contribution >= 4 is 5.97 Å². The number of aryl methyl sites for hydroxylation is 1. The van der Waals surface area contributed by atoms with Crippen LogP contribution in [0, 0.1) is 13.0 Å². The third kappa shape index (κ3) is 7.23. The molecule has 2 heterocycles. The SMILES string of the molecule is Cc1cc(Cc2[c]cc(O)cc2OCCN2CCCC2)ccc1CN1CCC[C@H]1C(=O)OC(C)(C)C. The first-order valence-corrected chi connectivity index (χ1v) is 13.3. The second kappa shape index (κ2) is 11.7. The predicted octanol–water partition coefficient (Wildman–Crippen LogP) is 4.87. The highest BCUT2D eigenvalue weighted by Crippen LogP contribution is 2.28. The number of hydrogen-bond donors (Lipinski definition) is 1. The molecular formula is C30H41N2O4. The minimum absolute atomic E-state index is 0.116. The lowest BCUT2D eigenvalue weighted by Crippen LogP contribution is -2.40. The molecule has 2 aliphatic rings. The number of likely N-dealkylation sites (tertiary alicyclic amines) is 2. The van der Waals surface area contributed by atoms with Gasteiger partial charge < -0.3 is 14.6 Å².